The number of pyridine rings is 1. The van der Waals surface area contributed by atoms with Gasteiger partial charge in [-0.25, -0.2) is 9.37 Å². The molecule has 2 aliphatic rings. The predicted octanol–water partition coefficient (Wildman–Crippen LogP) is 4.38. The number of carbonyl (C=O) groups is 1. The topological polar surface area (TPSA) is 59.3 Å². The summed E-state index contributed by atoms with van der Waals surface area (Å²) in [5.41, 5.74) is 4.76. The van der Waals surface area contributed by atoms with Gasteiger partial charge in [0.15, 0.2) is 11.5 Å². The van der Waals surface area contributed by atoms with Gasteiger partial charge in [-0.2, -0.15) is 0 Å². The van der Waals surface area contributed by atoms with Crippen molar-refractivity contribution >= 4 is 11.6 Å². The van der Waals surface area contributed by atoms with Crippen LogP contribution in [0.25, 0.3) is 5.65 Å². The summed E-state index contributed by atoms with van der Waals surface area (Å²) < 4.78 is 27.1. The second kappa shape index (κ2) is 9.86. The minimum absolute atomic E-state index is 0.0686. The molecule has 0 bridgehead atoms. The zero-order valence-corrected chi connectivity index (χ0v) is 20.8. The van der Waals surface area contributed by atoms with E-state index in [9.17, 15) is 9.18 Å². The summed E-state index contributed by atoms with van der Waals surface area (Å²) in [6, 6.07) is 16.6. The summed E-state index contributed by atoms with van der Waals surface area (Å²) in [4.78, 5) is 22.3. The lowest BCUT2D eigenvalue weighted by Crippen LogP contribution is -2.48. The highest BCUT2D eigenvalue weighted by Crippen LogP contribution is 2.33. The van der Waals surface area contributed by atoms with Crippen LogP contribution in [0.3, 0.4) is 0 Å². The molecule has 1 unspecified atom stereocenters. The fraction of sp³-hybridized carbons (Fsp3) is 0.310. The number of nitrogens with zero attached hydrogens (tertiary/aromatic N) is 4. The molecule has 1 atom stereocenters. The summed E-state index contributed by atoms with van der Waals surface area (Å²) in [7, 11) is 0. The number of carbonyl (C=O) groups excluding carboxylic acids is 1. The third-order valence-corrected chi connectivity index (χ3v) is 7.25. The molecule has 6 rings (SSSR count). The van der Waals surface area contributed by atoms with E-state index in [0.29, 0.717) is 13.1 Å². The number of piperazine rings is 1. The second-order valence-corrected chi connectivity index (χ2v) is 9.77. The number of aryl methyl sites for hydroxylation is 1. The first-order chi connectivity index (χ1) is 18.0. The van der Waals surface area contributed by atoms with Crippen molar-refractivity contribution in [2.75, 3.05) is 33.0 Å². The van der Waals surface area contributed by atoms with Crippen LogP contribution in [0.1, 0.15) is 34.7 Å². The van der Waals surface area contributed by atoms with Crippen molar-refractivity contribution in [3.8, 4) is 11.5 Å². The van der Waals surface area contributed by atoms with Gasteiger partial charge in [-0.1, -0.05) is 18.2 Å². The normalized spacial score (nSPS) is 16.3. The monoisotopic (exact) mass is 500 g/mol. The zero-order valence-electron chi connectivity index (χ0n) is 20.8. The van der Waals surface area contributed by atoms with E-state index in [0.717, 1.165) is 59.2 Å². The van der Waals surface area contributed by atoms with E-state index in [1.807, 2.05) is 52.8 Å². The lowest BCUT2D eigenvalue weighted by molar-refractivity contribution is -0.133. The molecule has 0 N–H and O–H groups in total. The van der Waals surface area contributed by atoms with Crippen LogP contribution in [0.5, 0.6) is 11.5 Å². The van der Waals surface area contributed by atoms with Gasteiger partial charge in [0, 0.05) is 57.5 Å². The predicted molar refractivity (Wildman–Crippen MR) is 137 cm³/mol. The van der Waals surface area contributed by atoms with Crippen molar-refractivity contribution in [2.24, 2.45) is 0 Å². The van der Waals surface area contributed by atoms with E-state index in [4.69, 9.17) is 9.47 Å². The molecule has 2 aliphatic heterocycles. The van der Waals surface area contributed by atoms with Crippen molar-refractivity contribution in [3.05, 3.63) is 95.2 Å². The molecule has 190 valence electrons. The number of benzene rings is 2. The Morgan fingerprint density at radius 2 is 1.86 bits per heavy atom. The molecule has 7 nitrogen and oxygen atoms in total. The Hall–Kier alpha value is -3.91. The number of halogens is 1. The minimum atomic E-state index is -0.309. The molecule has 0 aliphatic carbocycles. The van der Waals surface area contributed by atoms with Gasteiger partial charge in [-0.15, -0.1) is 0 Å². The van der Waals surface area contributed by atoms with Crippen LogP contribution in [-0.2, 0) is 11.3 Å². The van der Waals surface area contributed by atoms with Crippen molar-refractivity contribution in [1.82, 2.24) is 19.2 Å². The molecule has 1 saturated heterocycles. The van der Waals surface area contributed by atoms with Crippen molar-refractivity contribution in [1.29, 1.82) is 0 Å². The van der Waals surface area contributed by atoms with E-state index in [1.165, 1.54) is 12.1 Å². The van der Waals surface area contributed by atoms with Crippen LogP contribution in [0, 0.1) is 12.7 Å². The lowest BCUT2D eigenvalue weighted by Gasteiger charge is -2.35. The number of hydrogen-bond donors (Lipinski definition) is 0. The first-order valence-corrected chi connectivity index (χ1v) is 12.6. The Morgan fingerprint density at radius 3 is 2.70 bits per heavy atom. The Bertz CT molecular complexity index is 1440. The summed E-state index contributed by atoms with van der Waals surface area (Å²) >= 11 is 0. The quantitative estimate of drug-likeness (QED) is 0.393. The number of fused-ring (bicyclic) bond motifs is 2. The molecule has 8 heteroatoms. The smallest absolute Gasteiger partial charge is 0.231 e. The minimum Gasteiger partial charge on any atom is -0.454 e. The second-order valence-electron chi connectivity index (χ2n) is 9.77. The maximum Gasteiger partial charge on any atom is 0.231 e. The Labute approximate surface area is 215 Å². The van der Waals surface area contributed by atoms with E-state index in [-0.39, 0.29) is 30.9 Å². The maximum atomic E-state index is 14.2. The molecule has 4 heterocycles. The van der Waals surface area contributed by atoms with Crippen LogP contribution in [-0.4, -0.2) is 58.1 Å². The van der Waals surface area contributed by atoms with Gasteiger partial charge < -0.3 is 18.8 Å². The SMILES string of the molecule is Cc1ccn2c(C(CC(=O)N3CCN(Cc4ccc5c(c4)OCO5)CC3)c3cccc(F)c3)cnc2c1. The number of rotatable bonds is 6. The van der Waals surface area contributed by atoms with Crippen LogP contribution in [0.15, 0.2) is 67.0 Å². The van der Waals surface area contributed by atoms with E-state index in [1.54, 1.807) is 12.3 Å². The molecule has 0 spiro atoms. The third-order valence-electron chi connectivity index (χ3n) is 7.25. The fourth-order valence-corrected chi connectivity index (χ4v) is 5.23. The molecular weight excluding hydrogens is 471 g/mol. The lowest BCUT2D eigenvalue weighted by atomic mass is 9.92. The van der Waals surface area contributed by atoms with Crippen molar-refractivity contribution in [2.45, 2.75) is 25.8 Å². The molecule has 0 saturated carbocycles. The number of aromatic nitrogens is 2. The fourth-order valence-electron chi connectivity index (χ4n) is 5.23. The van der Waals surface area contributed by atoms with E-state index >= 15 is 0 Å². The molecule has 1 fully saturated rings. The Kier molecular flexibility index (Phi) is 6.26. The molecule has 1 amide bonds. The first kappa shape index (κ1) is 23.5. The molecule has 2 aromatic carbocycles. The molecular formula is C29H29FN4O3. The Balaban J connectivity index is 1.16. The average Bonchev–Trinajstić information content (AvgIpc) is 3.54. The van der Waals surface area contributed by atoms with Gasteiger partial charge >= 0.3 is 0 Å². The first-order valence-electron chi connectivity index (χ1n) is 12.6. The van der Waals surface area contributed by atoms with Crippen molar-refractivity contribution in [3.63, 3.8) is 0 Å². The molecule has 2 aromatic heterocycles. The molecule has 0 radical (unpaired) electrons. The van der Waals surface area contributed by atoms with E-state index < -0.39 is 0 Å². The van der Waals surface area contributed by atoms with Gasteiger partial charge in [0.1, 0.15) is 11.5 Å². The van der Waals surface area contributed by atoms with Crippen molar-refractivity contribution < 1.29 is 18.7 Å². The summed E-state index contributed by atoms with van der Waals surface area (Å²) in [6.45, 7) is 5.99. The van der Waals surface area contributed by atoms with Gasteiger partial charge in [0.05, 0.1) is 5.69 Å². The molecule has 4 aromatic rings. The number of hydrogen-bond acceptors (Lipinski definition) is 5. The highest BCUT2D eigenvalue weighted by Gasteiger charge is 2.27. The zero-order chi connectivity index (χ0) is 25.4. The van der Waals surface area contributed by atoms with Gasteiger partial charge in [0.25, 0.3) is 0 Å². The van der Waals surface area contributed by atoms with Crippen LogP contribution in [0.2, 0.25) is 0 Å². The van der Waals surface area contributed by atoms with Gasteiger partial charge in [-0.05, 0) is 60.0 Å². The summed E-state index contributed by atoms with van der Waals surface area (Å²) in [6.07, 6.45) is 4.03. The van der Waals surface area contributed by atoms with Crippen LogP contribution >= 0.6 is 0 Å². The van der Waals surface area contributed by atoms with Gasteiger partial charge in [-0.3, -0.25) is 9.69 Å². The third kappa shape index (κ3) is 4.89. The number of amides is 1. The largest absolute Gasteiger partial charge is 0.454 e. The number of imidazole rings is 1. The van der Waals surface area contributed by atoms with Gasteiger partial charge in [0.2, 0.25) is 12.7 Å². The summed E-state index contributed by atoms with van der Waals surface area (Å²) in [5.74, 6) is 1.04. The molecule has 37 heavy (non-hydrogen) atoms. The highest BCUT2D eigenvalue weighted by molar-refractivity contribution is 5.78. The van der Waals surface area contributed by atoms with Crippen LogP contribution in [0.4, 0.5) is 4.39 Å². The summed E-state index contributed by atoms with van der Waals surface area (Å²) in [5, 5.41) is 0. The Morgan fingerprint density at radius 1 is 1.03 bits per heavy atom. The maximum absolute atomic E-state index is 14.2. The highest BCUT2D eigenvalue weighted by atomic mass is 19.1. The number of ether oxygens (including phenoxy) is 2. The van der Waals surface area contributed by atoms with Crippen LogP contribution < -0.4 is 9.47 Å². The average molecular weight is 501 g/mol. The van der Waals surface area contributed by atoms with E-state index in [2.05, 4.69) is 16.0 Å². The standard InChI is InChI=1S/C29H29FN4O3/c1-20-7-8-34-25(17-31-28(34)13-20)24(22-3-2-4-23(30)15-22)16-29(35)33-11-9-32(10-12-33)18-21-5-6-26-27(14-21)37-19-36-26/h2-8,13-15,17,24H,9-12,16,18-19H2,1H3.